The van der Waals surface area contributed by atoms with Gasteiger partial charge in [0, 0.05) is 38.1 Å². The molecule has 114 valence electrons. The fourth-order valence-corrected chi connectivity index (χ4v) is 3.01. The molecule has 0 spiro atoms. The molecule has 0 saturated carbocycles. The standard InChI is InChI=1S/C18H22N4/c1-2-17(18-16(19)9-6-10-20-18)22-13-11-21(12-14-22)15-7-4-3-5-8-15/h2-10,17H,1,11-14,19H2. The van der Waals surface area contributed by atoms with Gasteiger partial charge >= 0.3 is 0 Å². The lowest BCUT2D eigenvalue weighted by atomic mass is 10.1. The van der Waals surface area contributed by atoms with E-state index in [-0.39, 0.29) is 6.04 Å². The number of nitrogens with zero attached hydrogens (tertiary/aromatic N) is 3. The smallest absolute Gasteiger partial charge is 0.0843 e. The van der Waals surface area contributed by atoms with Crippen LogP contribution < -0.4 is 10.6 Å². The quantitative estimate of drug-likeness (QED) is 0.881. The molecule has 2 aromatic rings. The van der Waals surface area contributed by atoms with E-state index in [4.69, 9.17) is 5.73 Å². The van der Waals surface area contributed by atoms with Gasteiger partial charge in [-0.05, 0) is 24.3 Å². The van der Waals surface area contributed by atoms with Gasteiger partial charge in [0.25, 0.3) is 0 Å². The lowest BCUT2D eigenvalue weighted by Gasteiger charge is -2.39. The average Bonchev–Trinajstić information content (AvgIpc) is 2.59. The minimum atomic E-state index is 0.0825. The number of nitrogen functional groups attached to an aromatic ring is 1. The van der Waals surface area contributed by atoms with Gasteiger partial charge in [-0.3, -0.25) is 9.88 Å². The third-order valence-corrected chi connectivity index (χ3v) is 4.20. The van der Waals surface area contributed by atoms with Gasteiger partial charge in [0.15, 0.2) is 0 Å². The third-order valence-electron chi connectivity index (χ3n) is 4.20. The summed E-state index contributed by atoms with van der Waals surface area (Å²) in [7, 11) is 0. The molecule has 0 bridgehead atoms. The van der Waals surface area contributed by atoms with Gasteiger partial charge in [-0.2, -0.15) is 0 Å². The highest BCUT2D eigenvalue weighted by atomic mass is 15.3. The van der Waals surface area contributed by atoms with E-state index >= 15 is 0 Å². The molecule has 1 fully saturated rings. The van der Waals surface area contributed by atoms with Gasteiger partial charge in [0.05, 0.1) is 17.4 Å². The molecule has 4 heteroatoms. The summed E-state index contributed by atoms with van der Waals surface area (Å²) in [5, 5.41) is 0. The van der Waals surface area contributed by atoms with Crippen molar-refractivity contribution < 1.29 is 0 Å². The zero-order valence-corrected chi connectivity index (χ0v) is 12.7. The molecule has 2 N–H and O–H groups in total. The molecule has 1 aliphatic rings. The number of rotatable bonds is 4. The maximum absolute atomic E-state index is 6.07. The SMILES string of the molecule is C=CC(c1ncccc1N)N1CCN(c2ccccc2)CC1. The van der Waals surface area contributed by atoms with Crippen LogP contribution in [0.2, 0.25) is 0 Å². The fourth-order valence-electron chi connectivity index (χ4n) is 3.01. The predicted molar refractivity (Wildman–Crippen MR) is 91.8 cm³/mol. The molecular weight excluding hydrogens is 272 g/mol. The van der Waals surface area contributed by atoms with Crippen molar-refractivity contribution in [1.29, 1.82) is 0 Å². The van der Waals surface area contributed by atoms with Crippen LogP contribution in [0.1, 0.15) is 11.7 Å². The molecule has 3 rings (SSSR count). The number of piperazine rings is 1. The van der Waals surface area contributed by atoms with Crippen molar-refractivity contribution in [3.8, 4) is 0 Å². The molecule has 4 nitrogen and oxygen atoms in total. The first kappa shape index (κ1) is 14.6. The Kier molecular flexibility index (Phi) is 4.39. The first-order valence-electron chi connectivity index (χ1n) is 7.66. The zero-order chi connectivity index (χ0) is 15.4. The molecule has 1 aromatic heterocycles. The van der Waals surface area contributed by atoms with Gasteiger partial charge in [-0.1, -0.05) is 24.3 Å². The molecule has 1 unspecified atom stereocenters. The zero-order valence-electron chi connectivity index (χ0n) is 12.7. The van der Waals surface area contributed by atoms with Crippen molar-refractivity contribution >= 4 is 11.4 Å². The van der Waals surface area contributed by atoms with Crippen LogP contribution in [0.5, 0.6) is 0 Å². The van der Waals surface area contributed by atoms with Crippen LogP contribution in [0.3, 0.4) is 0 Å². The van der Waals surface area contributed by atoms with Crippen LogP contribution in [0.25, 0.3) is 0 Å². The summed E-state index contributed by atoms with van der Waals surface area (Å²) in [6.45, 7) is 7.93. The van der Waals surface area contributed by atoms with Gasteiger partial charge in [-0.25, -0.2) is 0 Å². The topological polar surface area (TPSA) is 45.4 Å². The van der Waals surface area contributed by atoms with Gasteiger partial charge in [0.1, 0.15) is 0 Å². The lowest BCUT2D eigenvalue weighted by Crippen LogP contribution is -2.47. The number of aromatic nitrogens is 1. The van der Waals surface area contributed by atoms with Crippen molar-refractivity contribution in [3.05, 3.63) is 67.0 Å². The Labute approximate surface area is 131 Å². The molecule has 1 aliphatic heterocycles. The van der Waals surface area contributed by atoms with Crippen LogP contribution in [-0.4, -0.2) is 36.1 Å². The van der Waals surface area contributed by atoms with Crippen LogP contribution in [-0.2, 0) is 0 Å². The van der Waals surface area contributed by atoms with Crippen LogP contribution in [0.4, 0.5) is 11.4 Å². The summed E-state index contributed by atoms with van der Waals surface area (Å²) in [5.74, 6) is 0. The minimum absolute atomic E-state index is 0.0825. The number of pyridine rings is 1. The monoisotopic (exact) mass is 294 g/mol. The summed E-state index contributed by atoms with van der Waals surface area (Å²) in [6, 6.07) is 14.4. The van der Waals surface area contributed by atoms with Gasteiger partial charge in [-0.15, -0.1) is 6.58 Å². The number of anilines is 2. The molecule has 0 amide bonds. The second-order valence-corrected chi connectivity index (χ2v) is 5.52. The van der Waals surface area contributed by atoms with E-state index in [0.29, 0.717) is 0 Å². The number of hydrogen-bond acceptors (Lipinski definition) is 4. The fraction of sp³-hybridized carbons (Fsp3) is 0.278. The van der Waals surface area contributed by atoms with Crippen LogP contribution >= 0.6 is 0 Å². The van der Waals surface area contributed by atoms with E-state index in [0.717, 1.165) is 37.6 Å². The summed E-state index contributed by atoms with van der Waals surface area (Å²) in [5.41, 5.74) is 9.00. The molecular formula is C18H22N4. The van der Waals surface area contributed by atoms with E-state index < -0.39 is 0 Å². The maximum atomic E-state index is 6.07. The molecule has 0 aliphatic carbocycles. The van der Waals surface area contributed by atoms with Gasteiger partial charge in [0.2, 0.25) is 0 Å². The van der Waals surface area contributed by atoms with Crippen molar-refractivity contribution in [1.82, 2.24) is 9.88 Å². The predicted octanol–water partition coefficient (Wildman–Crippen LogP) is 2.71. The van der Waals surface area contributed by atoms with Crippen molar-refractivity contribution in [2.45, 2.75) is 6.04 Å². The number of para-hydroxylation sites is 1. The maximum Gasteiger partial charge on any atom is 0.0843 e. The second kappa shape index (κ2) is 6.62. The summed E-state index contributed by atoms with van der Waals surface area (Å²) < 4.78 is 0. The van der Waals surface area contributed by atoms with Crippen molar-refractivity contribution in [2.24, 2.45) is 0 Å². The average molecular weight is 294 g/mol. The van der Waals surface area contributed by atoms with E-state index in [1.54, 1.807) is 6.20 Å². The molecule has 1 aromatic carbocycles. The van der Waals surface area contributed by atoms with Crippen molar-refractivity contribution in [3.63, 3.8) is 0 Å². The molecule has 22 heavy (non-hydrogen) atoms. The van der Waals surface area contributed by atoms with Crippen LogP contribution in [0, 0.1) is 0 Å². The first-order valence-corrected chi connectivity index (χ1v) is 7.66. The van der Waals surface area contributed by atoms with E-state index in [1.165, 1.54) is 5.69 Å². The normalized spacial score (nSPS) is 17.2. The Hall–Kier alpha value is -2.33. The van der Waals surface area contributed by atoms with E-state index in [2.05, 4.69) is 51.7 Å². The third kappa shape index (κ3) is 2.97. The molecule has 1 atom stereocenters. The largest absolute Gasteiger partial charge is 0.397 e. The highest BCUT2D eigenvalue weighted by Gasteiger charge is 2.25. The summed E-state index contributed by atoms with van der Waals surface area (Å²) >= 11 is 0. The Bertz CT molecular complexity index is 618. The molecule has 2 heterocycles. The highest BCUT2D eigenvalue weighted by Crippen LogP contribution is 2.26. The summed E-state index contributed by atoms with van der Waals surface area (Å²) in [4.78, 5) is 9.26. The highest BCUT2D eigenvalue weighted by molar-refractivity contribution is 5.47. The Morgan fingerprint density at radius 2 is 1.77 bits per heavy atom. The van der Waals surface area contributed by atoms with E-state index in [9.17, 15) is 0 Å². The van der Waals surface area contributed by atoms with Gasteiger partial charge < -0.3 is 10.6 Å². The Morgan fingerprint density at radius 3 is 2.41 bits per heavy atom. The summed E-state index contributed by atoms with van der Waals surface area (Å²) in [6.07, 6.45) is 3.74. The van der Waals surface area contributed by atoms with Crippen LogP contribution in [0.15, 0.2) is 61.3 Å². The Morgan fingerprint density at radius 1 is 1.05 bits per heavy atom. The minimum Gasteiger partial charge on any atom is -0.397 e. The van der Waals surface area contributed by atoms with E-state index in [1.807, 2.05) is 18.2 Å². The molecule has 0 radical (unpaired) electrons. The second-order valence-electron chi connectivity index (χ2n) is 5.52. The molecule has 1 saturated heterocycles. The van der Waals surface area contributed by atoms with Crippen molar-refractivity contribution in [2.75, 3.05) is 36.8 Å². The lowest BCUT2D eigenvalue weighted by molar-refractivity contribution is 0.215. The number of hydrogen-bond donors (Lipinski definition) is 1. The number of benzene rings is 1. The number of nitrogens with two attached hydrogens (primary N) is 1. The first-order chi connectivity index (χ1) is 10.8. The Balaban J connectivity index is 1.70.